The molecule has 10 heteroatoms. The maximum Gasteiger partial charge on any atom is 0.273 e. The molecule has 0 saturated carbocycles. The average molecular weight is 475 g/mol. The summed E-state index contributed by atoms with van der Waals surface area (Å²) in [5.74, 6) is 0.276. The molecule has 0 aliphatic carbocycles. The van der Waals surface area contributed by atoms with E-state index >= 15 is 0 Å². The number of likely N-dealkylation sites (tertiary alicyclic amines) is 1. The first-order valence-corrected chi connectivity index (χ1v) is 11.9. The summed E-state index contributed by atoms with van der Waals surface area (Å²) in [4.78, 5) is 46.2. The van der Waals surface area contributed by atoms with Gasteiger partial charge in [0.1, 0.15) is 17.2 Å². The van der Waals surface area contributed by atoms with Crippen molar-refractivity contribution in [3.05, 3.63) is 34.8 Å². The predicted octanol–water partition coefficient (Wildman–Crippen LogP) is 3.13. The molecule has 1 aromatic carbocycles. The van der Waals surface area contributed by atoms with Crippen LogP contribution in [0.4, 0.5) is 5.13 Å². The molecule has 1 aliphatic heterocycles. The van der Waals surface area contributed by atoms with Crippen molar-refractivity contribution in [1.29, 1.82) is 0 Å². The van der Waals surface area contributed by atoms with Crippen LogP contribution in [-0.2, 0) is 4.79 Å². The number of benzene rings is 1. The molecule has 2 aromatic rings. The Labute approximate surface area is 197 Å². The molecular formula is C23H30N4O5S. The second kappa shape index (κ2) is 11.1. The number of methoxy groups -OCH3 is 2. The number of hydrogen-bond donors (Lipinski definition) is 1. The van der Waals surface area contributed by atoms with E-state index in [-0.39, 0.29) is 29.3 Å². The summed E-state index contributed by atoms with van der Waals surface area (Å²) < 4.78 is 10.4. The summed E-state index contributed by atoms with van der Waals surface area (Å²) in [6.07, 6.45) is 1.55. The van der Waals surface area contributed by atoms with Crippen molar-refractivity contribution in [3.8, 4) is 11.5 Å². The van der Waals surface area contributed by atoms with E-state index in [9.17, 15) is 14.4 Å². The third kappa shape index (κ3) is 5.81. The fourth-order valence-electron chi connectivity index (χ4n) is 3.86. The van der Waals surface area contributed by atoms with Crippen molar-refractivity contribution >= 4 is 34.2 Å². The Morgan fingerprint density at radius 3 is 2.42 bits per heavy atom. The molecule has 1 atom stereocenters. The molecule has 33 heavy (non-hydrogen) atoms. The third-order valence-electron chi connectivity index (χ3n) is 5.69. The Hall–Kier alpha value is -3.14. The smallest absolute Gasteiger partial charge is 0.273 e. The summed E-state index contributed by atoms with van der Waals surface area (Å²) in [7, 11) is 3.02. The minimum absolute atomic E-state index is 0.0949. The average Bonchev–Trinajstić information content (AvgIpc) is 3.32. The van der Waals surface area contributed by atoms with E-state index < -0.39 is 0 Å². The summed E-state index contributed by atoms with van der Waals surface area (Å²) in [5, 5.41) is 4.66. The molecule has 1 fully saturated rings. The number of thiazole rings is 1. The molecular weight excluding hydrogens is 444 g/mol. The lowest BCUT2D eigenvalue weighted by Crippen LogP contribution is -2.46. The lowest BCUT2D eigenvalue weighted by Gasteiger charge is -2.34. The monoisotopic (exact) mass is 474 g/mol. The molecule has 3 rings (SSSR count). The number of ether oxygens (including phenoxy) is 2. The number of amides is 3. The van der Waals surface area contributed by atoms with E-state index in [0.29, 0.717) is 48.4 Å². The quantitative estimate of drug-likeness (QED) is 0.631. The minimum Gasteiger partial charge on any atom is -0.497 e. The van der Waals surface area contributed by atoms with Crippen molar-refractivity contribution in [3.63, 3.8) is 0 Å². The van der Waals surface area contributed by atoms with Gasteiger partial charge in [0.15, 0.2) is 5.13 Å². The van der Waals surface area contributed by atoms with Crippen LogP contribution in [0.15, 0.2) is 23.6 Å². The number of nitrogens with one attached hydrogen (secondary N) is 1. The highest BCUT2D eigenvalue weighted by molar-refractivity contribution is 7.14. The molecule has 1 unspecified atom stereocenters. The van der Waals surface area contributed by atoms with E-state index in [1.807, 2.05) is 18.7 Å². The van der Waals surface area contributed by atoms with E-state index in [1.54, 1.807) is 28.5 Å². The Morgan fingerprint density at radius 2 is 1.82 bits per heavy atom. The number of anilines is 1. The van der Waals surface area contributed by atoms with Gasteiger partial charge in [-0.15, -0.1) is 11.3 Å². The van der Waals surface area contributed by atoms with Crippen LogP contribution in [-0.4, -0.2) is 72.9 Å². The second-order valence-electron chi connectivity index (χ2n) is 7.69. The lowest BCUT2D eigenvalue weighted by atomic mass is 9.96. The molecule has 1 saturated heterocycles. The van der Waals surface area contributed by atoms with Crippen molar-refractivity contribution < 1.29 is 23.9 Å². The highest BCUT2D eigenvalue weighted by atomic mass is 32.1. The van der Waals surface area contributed by atoms with Crippen molar-refractivity contribution in [2.75, 3.05) is 45.7 Å². The normalized spacial score (nSPS) is 15.6. The summed E-state index contributed by atoms with van der Waals surface area (Å²) in [6, 6.07) is 4.87. The zero-order valence-corrected chi connectivity index (χ0v) is 20.2. The van der Waals surface area contributed by atoms with Crippen molar-refractivity contribution in [1.82, 2.24) is 14.8 Å². The Balaban J connectivity index is 1.67. The van der Waals surface area contributed by atoms with Crippen molar-refractivity contribution in [2.45, 2.75) is 26.7 Å². The number of rotatable bonds is 8. The SMILES string of the molecule is CCN(CC)C(=O)C1CCCN(C(=O)c2csc(NC(=O)c3cc(OC)cc(OC)c3)n2)C1. The zero-order valence-electron chi connectivity index (χ0n) is 19.4. The Morgan fingerprint density at radius 1 is 1.15 bits per heavy atom. The van der Waals surface area contributed by atoms with Gasteiger partial charge in [0.25, 0.3) is 11.8 Å². The van der Waals surface area contributed by atoms with Crippen LogP contribution in [0, 0.1) is 5.92 Å². The molecule has 1 aromatic heterocycles. The molecule has 0 bridgehead atoms. The van der Waals surface area contributed by atoms with Gasteiger partial charge in [-0.1, -0.05) is 0 Å². The fraction of sp³-hybridized carbons (Fsp3) is 0.478. The van der Waals surface area contributed by atoms with Gasteiger partial charge in [-0.2, -0.15) is 0 Å². The van der Waals surface area contributed by atoms with Gasteiger partial charge in [0, 0.05) is 43.2 Å². The maximum atomic E-state index is 13.0. The molecule has 1 aliphatic rings. The van der Waals surface area contributed by atoms with E-state index in [1.165, 1.54) is 25.6 Å². The van der Waals surface area contributed by atoms with Crippen LogP contribution in [0.1, 0.15) is 47.5 Å². The zero-order chi connectivity index (χ0) is 24.0. The summed E-state index contributed by atoms with van der Waals surface area (Å²) >= 11 is 1.18. The standard InChI is InChI=1S/C23H30N4O5S/c1-5-26(6-2)21(29)15-8-7-9-27(13-15)22(30)19-14-33-23(24-19)25-20(28)16-10-17(31-3)12-18(11-16)32-4/h10-12,14-15H,5-9,13H2,1-4H3,(H,24,25,28). The van der Waals surface area contributed by atoms with Gasteiger partial charge < -0.3 is 19.3 Å². The van der Waals surface area contributed by atoms with Gasteiger partial charge in [-0.25, -0.2) is 4.98 Å². The summed E-state index contributed by atoms with van der Waals surface area (Å²) in [5.41, 5.74) is 0.609. The van der Waals surface area contributed by atoms with E-state index in [4.69, 9.17) is 9.47 Å². The fourth-order valence-corrected chi connectivity index (χ4v) is 4.54. The largest absolute Gasteiger partial charge is 0.497 e. The van der Waals surface area contributed by atoms with Gasteiger partial charge in [0.05, 0.1) is 20.1 Å². The van der Waals surface area contributed by atoms with Crippen LogP contribution in [0.2, 0.25) is 0 Å². The van der Waals surface area contributed by atoms with E-state index in [0.717, 1.165) is 12.8 Å². The molecule has 0 radical (unpaired) electrons. The van der Waals surface area contributed by atoms with Crippen LogP contribution in [0.5, 0.6) is 11.5 Å². The number of aromatic nitrogens is 1. The van der Waals surface area contributed by atoms with Crippen LogP contribution in [0.25, 0.3) is 0 Å². The number of piperidine rings is 1. The topological polar surface area (TPSA) is 101 Å². The number of nitrogens with zero attached hydrogens (tertiary/aromatic N) is 3. The van der Waals surface area contributed by atoms with Crippen molar-refractivity contribution in [2.24, 2.45) is 5.92 Å². The van der Waals surface area contributed by atoms with Gasteiger partial charge >= 0.3 is 0 Å². The van der Waals surface area contributed by atoms with Crippen LogP contribution in [0.3, 0.4) is 0 Å². The Kier molecular flexibility index (Phi) is 8.26. The Bertz CT molecular complexity index is 982. The first kappa shape index (κ1) is 24.5. The van der Waals surface area contributed by atoms with Crippen LogP contribution < -0.4 is 14.8 Å². The molecule has 1 N–H and O–H groups in total. The first-order valence-electron chi connectivity index (χ1n) is 11.0. The van der Waals surface area contributed by atoms with Crippen LogP contribution >= 0.6 is 11.3 Å². The lowest BCUT2D eigenvalue weighted by molar-refractivity contribution is -0.136. The number of carbonyl (C=O) groups is 3. The number of carbonyl (C=O) groups excluding carboxylic acids is 3. The van der Waals surface area contributed by atoms with Gasteiger partial charge in [-0.3, -0.25) is 19.7 Å². The molecule has 2 heterocycles. The maximum absolute atomic E-state index is 13.0. The highest BCUT2D eigenvalue weighted by Crippen LogP contribution is 2.25. The number of hydrogen-bond acceptors (Lipinski definition) is 7. The first-order chi connectivity index (χ1) is 15.9. The van der Waals surface area contributed by atoms with Gasteiger partial charge in [0.2, 0.25) is 5.91 Å². The van der Waals surface area contributed by atoms with Gasteiger partial charge in [-0.05, 0) is 38.8 Å². The molecule has 178 valence electrons. The summed E-state index contributed by atoms with van der Waals surface area (Å²) in [6.45, 7) is 6.21. The predicted molar refractivity (Wildman–Crippen MR) is 126 cm³/mol. The third-order valence-corrected chi connectivity index (χ3v) is 6.45. The molecule has 0 spiro atoms. The molecule has 9 nitrogen and oxygen atoms in total. The highest BCUT2D eigenvalue weighted by Gasteiger charge is 2.31. The second-order valence-corrected chi connectivity index (χ2v) is 8.55. The minimum atomic E-state index is -0.386. The molecule has 3 amide bonds. The van der Waals surface area contributed by atoms with E-state index in [2.05, 4.69) is 10.3 Å².